The summed E-state index contributed by atoms with van der Waals surface area (Å²) >= 11 is 0. The minimum atomic E-state index is -2.72. The molecular formula is C24H26F2N6O. The van der Waals surface area contributed by atoms with E-state index in [0.717, 1.165) is 24.5 Å². The fourth-order valence-electron chi connectivity index (χ4n) is 5.12. The zero-order valence-corrected chi connectivity index (χ0v) is 18.3. The lowest BCUT2D eigenvalue weighted by Gasteiger charge is -2.35. The van der Waals surface area contributed by atoms with E-state index in [2.05, 4.69) is 15.1 Å². The van der Waals surface area contributed by atoms with E-state index in [9.17, 15) is 13.6 Å². The van der Waals surface area contributed by atoms with Gasteiger partial charge >= 0.3 is 0 Å². The van der Waals surface area contributed by atoms with E-state index in [-0.39, 0.29) is 18.4 Å². The predicted octanol–water partition coefficient (Wildman–Crippen LogP) is 4.03. The lowest BCUT2D eigenvalue weighted by atomic mass is 9.88. The van der Waals surface area contributed by atoms with Gasteiger partial charge in [-0.15, -0.1) is 0 Å². The topological polar surface area (TPSA) is 82.0 Å². The van der Waals surface area contributed by atoms with Gasteiger partial charge in [0.1, 0.15) is 0 Å². The Morgan fingerprint density at radius 1 is 1.00 bits per heavy atom. The third-order valence-corrected chi connectivity index (χ3v) is 7.49. The molecule has 172 valence electrons. The van der Waals surface area contributed by atoms with Crippen molar-refractivity contribution in [2.45, 2.75) is 50.5 Å². The summed E-state index contributed by atoms with van der Waals surface area (Å²) in [6.45, 7) is 2.01. The van der Waals surface area contributed by atoms with Crippen molar-refractivity contribution in [3.8, 4) is 16.9 Å². The van der Waals surface area contributed by atoms with Crippen molar-refractivity contribution in [3.05, 3.63) is 53.1 Å². The van der Waals surface area contributed by atoms with Crippen molar-refractivity contribution in [3.63, 3.8) is 0 Å². The van der Waals surface area contributed by atoms with Gasteiger partial charge in [-0.25, -0.2) is 18.1 Å². The van der Waals surface area contributed by atoms with Crippen molar-refractivity contribution in [1.82, 2.24) is 19.6 Å². The lowest BCUT2D eigenvalue weighted by Crippen LogP contribution is -2.42. The van der Waals surface area contributed by atoms with Gasteiger partial charge in [-0.2, -0.15) is 10.2 Å². The van der Waals surface area contributed by atoms with Gasteiger partial charge in [0.05, 0.1) is 29.3 Å². The smallest absolute Gasteiger partial charge is 0.267 e. The molecule has 1 spiro atoms. The van der Waals surface area contributed by atoms with Gasteiger partial charge in [0.15, 0.2) is 0 Å². The van der Waals surface area contributed by atoms with Crippen molar-refractivity contribution in [2.75, 3.05) is 23.7 Å². The maximum absolute atomic E-state index is 13.3. The Morgan fingerprint density at radius 2 is 1.76 bits per heavy atom. The van der Waals surface area contributed by atoms with Crippen LogP contribution in [0, 0.1) is 5.41 Å². The van der Waals surface area contributed by atoms with Crippen LogP contribution >= 0.6 is 0 Å². The summed E-state index contributed by atoms with van der Waals surface area (Å²) in [7, 11) is 0. The van der Waals surface area contributed by atoms with Crippen LogP contribution in [0.4, 0.5) is 20.2 Å². The number of hydrogen-bond donors (Lipinski definition) is 1. The number of nitrogens with zero attached hydrogens (tertiary/aromatic N) is 5. The highest BCUT2D eigenvalue weighted by molar-refractivity contribution is 5.69. The van der Waals surface area contributed by atoms with Crippen molar-refractivity contribution < 1.29 is 8.78 Å². The Balaban J connectivity index is 1.30. The maximum Gasteiger partial charge on any atom is 0.267 e. The van der Waals surface area contributed by atoms with E-state index >= 15 is 0 Å². The molecule has 2 aromatic heterocycles. The Hall–Kier alpha value is -3.23. The molecule has 3 aliphatic rings. The monoisotopic (exact) mass is 452 g/mol. The Labute approximate surface area is 189 Å². The van der Waals surface area contributed by atoms with Gasteiger partial charge in [0.2, 0.25) is 0 Å². The second-order valence-corrected chi connectivity index (χ2v) is 9.83. The third kappa shape index (κ3) is 3.69. The number of rotatable bonds is 4. The first-order valence-corrected chi connectivity index (χ1v) is 11.5. The first-order chi connectivity index (χ1) is 15.8. The number of benzene rings is 1. The molecule has 0 atom stereocenters. The zero-order valence-electron chi connectivity index (χ0n) is 18.3. The van der Waals surface area contributed by atoms with E-state index in [1.807, 2.05) is 24.4 Å². The minimum absolute atomic E-state index is 0.353. The molecule has 1 saturated heterocycles. The first-order valence-electron chi connectivity index (χ1n) is 11.5. The largest absolute Gasteiger partial charge is 0.399 e. The summed E-state index contributed by atoms with van der Waals surface area (Å²) in [5.41, 5.74) is 10.3. The molecule has 3 heterocycles. The molecule has 9 heteroatoms. The van der Waals surface area contributed by atoms with Gasteiger partial charge in [0, 0.05) is 49.4 Å². The molecule has 1 aliphatic heterocycles. The Morgan fingerprint density at radius 3 is 2.45 bits per heavy atom. The molecule has 2 N–H and O–H groups in total. The molecule has 2 aliphatic carbocycles. The third-order valence-electron chi connectivity index (χ3n) is 7.49. The van der Waals surface area contributed by atoms with Crippen LogP contribution in [-0.4, -0.2) is 38.6 Å². The zero-order chi connectivity index (χ0) is 22.8. The fourth-order valence-corrected chi connectivity index (χ4v) is 5.12. The highest BCUT2D eigenvalue weighted by Crippen LogP contribution is 2.54. The molecule has 7 nitrogen and oxygen atoms in total. The molecule has 0 amide bonds. The average Bonchev–Trinajstić information content (AvgIpc) is 3.34. The summed E-state index contributed by atoms with van der Waals surface area (Å²) in [6, 6.07) is 8.25. The van der Waals surface area contributed by atoms with Crippen LogP contribution in [0.15, 0.2) is 47.5 Å². The molecule has 0 bridgehead atoms. The number of halogens is 2. The summed E-state index contributed by atoms with van der Waals surface area (Å²) < 4.78 is 29.6. The number of hydrogen-bond acceptors (Lipinski definition) is 5. The average molecular weight is 453 g/mol. The van der Waals surface area contributed by atoms with Crippen LogP contribution in [0.3, 0.4) is 0 Å². The van der Waals surface area contributed by atoms with Crippen molar-refractivity contribution in [1.29, 1.82) is 0 Å². The summed E-state index contributed by atoms with van der Waals surface area (Å²) in [4.78, 5) is 14.6. The summed E-state index contributed by atoms with van der Waals surface area (Å²) in [5, 5.41) is 8.92. The molecule has 3 fully saturated rings. The Bertz CT molecular complexity index is 1260. The van der Waals surface area contributed by atoms with Crippen molar-refractivity contribution >= 4 is 11.4 Å². The molecule has 0 unspecified atom stereocenters. The van der Waals surface area contributed by atoms with E-state index in [1.165, 1.54) is 36.4 Å². The van der Waals surface area contributed by atoms with E-state index in [4.69, 9.17) is 5.73 Å². The van der Waals surface area contributed by atoms with Crippen molar-refractivity contribution in [2.24, 2.45) is 5.41 Å². The maximum atomic E-state index is 13.3. The highest BCUT2D eigenvalue weighted by atomic mass is 19.3. The molecule has 2 saturated carbocycles. The van der Waals surface area contributed by atoms with Crippen LogP contribution < -0.4 is 16.2 Å². The van der Waals surface area contributed by atoms with Gasteiger partial charge < -0.3 is 10.6 Å². The summed E-state index contributed by atoms with van der Waals surface area (Å²) in [5.74, 6) is -2.72. The quantitative estimate of drug-likeness (QED) is 0.605. The van der Waals surface area contributed by atoms with E-state index < -0.39 is 12.0 Å². The fraction of sp³-hybridized carbons (Fsp3) is 0.458. The molecule has 33 heavy (non-hydrogen) atoms. The molecule has 6 rings (SSSR count). The highest BCUT2D eigenvalue weighted by Gasteiger charge is 2.47. The van der Waals surface area contributed by atoms with Crippen LogP contribution in [0.1, 0.15) is 44.6 Å². The number of piperidine rings is 1. The van der Waals surface area contributed by atoms with Crippen LogP contribution in [-0.2, 0) is 0 Å². The standard InChI is InChI=1S/C24H26F2N6O/c25-24(26)12-18(13-24)32-22(33)4-2-19(29-32)16-14-28-31(15-16)20-3-1-17(27)11-21(20)30-9-7-23(5-6-23)8-10-30/h1-4,11,14-15,18H,5-10,12-13,27H2. The molecule has 0 radical (unpaired) electrons. The van der Waals surface area contributed by atoms with Crippen LogP contribution in [0.2, 0.25) is 0 Å². The normalized spacial score (nSPS) is 21.2. The van der Waals surface area contributed by atoms with Crippen LogP contribution in [0.5, 0.6) is 0 Å². The molecule has 1 aromatic carbocycles. The second kappa shape index (κ2) is 7.13. The Kier molecular flexibility index (Phi) is 4.41. The lowest BCUT2D eigenvalue weighted by molar-refractivity contribution is -0.107. The minimum Gasteiger partial charge on any atom is -0.399 e. The predicted molar refractivity (Wildman–Crippen MR) is 122 cm³/mol. The number of aromatic nitrogens is 4. The van der Waals surface area contributed by atoms with Crippen LogP contribution in [0.25, 0.3) is 16.9 Å². The van der Waals surface area contributed by atoms with Gasteiger partial charge in [-0.05, 0) is 55.4 Å². The van der Waals surface area contributed by atoms with Gasteiger partial charge in [0.25, 0.3) is 11.5 Å². The SMILES string of the molecule is Nc1ccc(-n2cc(-c3ccc(=O)n(C4CC(F)(F)C4)n3)cn2)c(N2CCC3(CC2)CC3)c1. The number of nitrogens with two attached hydrogens (primary N) is 1. The number of alkyl halides is 2. The first kappa shape index (κ1) is 20.4. The summed E-state index contributed by atoms with van der Waals surface area (Å²) in [6.07, 6.45) is 7.94. The van der Waals surface area contributed by atoms with Gasteiger partial charge in [-0.3, -0.25) is 4.79 Å². The van der Waals surface area contributed by atoms with Gasteiger partial charge in [-0.1, -0.05) is 0 Å². The molecular weight excluding hydrogens is 426 g/mol. The van der Waals surface area contributed by atoms with E-state index in [1.54, 1.807) is 16.9 Å². The molecule has 3 aromatic rings. The second-order valence-electron chi connectivity index (χ2n) is 9.83. The van der Waals surface area contributed by atoms with E-state index in [0.29, 0.717) is 22.4 Å². The number of anilines is 2. The number of nitrogen functional groups attached to an aromatic ring is 1.